The van der Waals surface area contributed by atoms with Crippen LogP contribution in [0.3, 0.4) is 0 Å². The van der Waals surface area contributed by atoms with E-state index in [1.165, 1.54) is 5.56 Å². The van der Waals surface area contributed by atoms with Crippen molar-refractivity contribution in [2.45, 2.75) is 13.3 Å². The first-order chi connectivity index (χ1) is 14.1. The number of amides is 2. The summed E-state index contributed by atoms with van der Waals surface area (Å²) in [6.07, 6.45) is 0.459. The van der Waals surface area contributed by atoms with Crippen molar-refractivity contribution in [1.29, 1.82) is 0 Å². The zero-order chi connectivity index (χ0) is 20.2. The number of hydrogen-bond donors (Lipinski definition) is 1. The largest absolute Gasteiger partial charge is 0.352 e. The van der Waals surface area contributed by atoms with Crippen LogP contribution in [0, 0.1) is 12.8 Å². The van der Waals surface area contributed by atoms with E-state index < -0.39 is 0 Å². The van der Waals surface area contributed by atoms with Crippen LogP contribution in [0.4, 0.5) is 5.69 Å². The highest BCUT2D eigenvalue weighted by atomic mass is 16.2. The van der Waals surface area contributed by atoms with E-state index in [1.54, 1.807) is 0 Å². The highest BCUT2D eigenvalue weighted by Crippen LogP contribution is 2.25. The van der Waals surface area contributed by atoms with Gasteiger partial charge in [0.25, 0.3) is 5.91 Å². The lowest BCUT2D eigenvalue weighted by Crippen LogP contribution is -2.31. The number of nitrogens with one attached hydrogen (secondary N) is 1. The van der Waals surface area contributed by atoms with Gasteiger partial charge in [0.05, 0.1) is 0 Å². The molecule has 0 aliphatic carbocycles. The number of hydrogen-bond acceptors (Lipinski definition) is 2. The Morgan fingerprint density at radius 1 is 0.931 bits per heavy atom. The predicted octanol–water partition coefficient (Wildman–Crippen LogP) is 4.44. The summed E-state index contributed by atoms with van der Waals surface area (Å²) in [6, 6.07) is 25.7. The molecule has 2 amide bonds. The van der Waals surface area contributed by atoms with E-state index >= 15 is 0 Å². The summed E-state index contributed by atoms with van der Waals surface area (Å²) < 4.78 is 0. The lowest BCUT2D eigenvalue weighted by atomic mass is 10.0. The van der Waals surface area contributed by atoms with Gasteiger partial charge in [-0.25, -0.2) is 0 Å². The van der Waals surface area contributed by atoms with Gasteiger partial charge in [0, 0.05) is 36.7 Å². The van der Waals surface area contributed by atoms with E-state index in [4.69, 9.17) is 0 Å². The molecule has 4 rings (SSSR count). The number of carbonyl (C=O) groups excluding carboxylic acids is 2. The quantitative estimate of drug-likeness (QED) is 0.707. The monoisotopic (exact) mass is 384 g/mol. The smallest absolute Gasteiger partial charge is 0.251 e. The number of anilines is 1. The van der Waals surface area contributed by atoms with Crippen LogP contribution >= 0.6 is 0 Å². The average molecular weight is 384 g/mol. The summed E-state index contributed by atoms with van der Waals surface area (Å²) in [5.41, 5.74) is 4.93. The minimum Gasteiger partial charge on any atom is -0.352 e. The Hall–Kier alpha value is -3.40. The van der Waals surface area contributed by atoms with Crippen LogP contribution in [0.1, 0.15) is 22.3 Å². The molecule has 0 saturated carbocycles. The molecule has 1 aliphatic heterocycles. The average Bonchev–Trinajstić information content (AvgIpc) is 3.14. The molecule has 29 heavy (non-hydrogen) atoms. The summed E-state index contributed by atoms with van der Waals surface area (Å²) in [5.74, 6) is 0.127. The number of carbonyl (C=O) groups is 2. The second-order valence-corrected chi connectivity index (χ2v) is 7.56. The number of rotatable bonds is 5. The third-order valence-corrected chi connectivity index (χ3v) is 5.36. The van der Waals surface area contributed by atoms with Crippen molar-refractivity contribution in [2.24, 2.45) is 5.92 Å². The van der Waals surface area contributed by atoms with Crippen molar-refractivity contribution in [2.75, 3.05) is 18.0 Å². The first kappa shape index (κ1) is 18.9. The molecule has 0 radical (unpaired) electrons. The Morgan fingerprint density at radius 3 is 2.28 bits per heavy atom. The highest BCUT2D eigenvalue weighted by Gasteiger charge is 2.30. The van der Waals surface area contributed by atoms with E-state index in [-0.39, 0.29) is 17.7 Å². The van der Waals surface area contributed by atoms with E-state index in [0.29, 0.717) is 25.1 Å². The molecule has 4 nitrogen and oxygen atoms in total. The molecule has 0 aromatic heterocycles. The van der Waals surface area contributed by atoms with Crippen molar-refractivity contribution < 1.29 is 9.59 Å². The molecule has 3 aromatic carbocycles. The Kier molecular flexibility index (Phi) is 5.43. The molecule has 3 aromatic rings. The lowest BCUT2D eigenvalue weighted by Gasteiger charge is -2.17. The molecule has 146 valence electrons. The maximum absolute atomic E-state index is 12.5. The fraction of sp³-hybridized carbons (Fsp3) is 0.200. The first-order valence-electron chi connectivity index (χ1n) is 9.91. The zero-order valence-electron chi connectivity index (χ0n) is 16.5. The fourth-order valence-electron chi connectivity index (χ4n) is 3.68. The SMILES string of the molecule is Cc1ccc(N2CC(CNC(=O)c3ccc(-c4ccccc4)cc3)CC2=O)cc1. The van der Waals surface area contributed by atoms with Crippen molar-refractivity contribution in [3.8, 4) is 11.1 Å². The molecular weight excluding hydrogens is 360 g/mol. The topological polar surface area (TPSA) is 49.4 Å². The van der Waals surface area contributed by atoms with E-state index in [0.717, 1.165) is 16.8 Å². The standard InChI is InChI=1S/C25H24N2O2/c1-18-7-13-23(14-8-18)27-17-19(15-24(27)28)16-26-25(29)22-11-9-21(10-12-22)20-5-3-2-4-6-20/h2-14,19H,15-17H2,1H3,(H,26,29). The van der Waals surface area contributed by atoms with Crippen molar-refractivity contribution in [3.05, 3.63) is 90.0 Å². The molecular formula is C25H24N2O2. The van der Waals surface area contributed by atoms with Crippen LogP contribution in [0.15, 0.2) is 78.9 Å². The predicted molar refractivity (Wildman–Crippen MR) is 116 cm³/mol. The van der Waals surface area contributed by atoms with Crippen LogP contribution in [-0.2, 0) is 4.79 Å². The van der Waals surface area contributed by atoms with E-state index in [2.05, 4.69) is 5.32 Å². The van der Waals surface area contributed by atoms with Crippen LogP contribution in [0.5, 0.6) is 0 Å². The van der Waals surface area contributed by atoms with E-state index in [9.17, 15) is 9.59 Å². The van der Waals surface area contributed by atoms with E-state index in [1.807, 2.05) is 90.7 Å². The van der Waals surface area contributed by atoms with Crippen LogP contribution in [0.25, 0.3) is 11.1 Å². The molecule has 4 heteroatoms. The molecule has 1 N–H and O–H groups in total. The van der Waals surface area contributed by atoms with Crippen LogP contribution in [-0.4, -0.2) is 24.9 Å². The van der Waals surface area contributed by atoms with Crippen molar-refractivity contribution in [3.63, 3.8) is 0 Å². The summed E-state index contributed by atoms with van der Waals surface area (Å²) in [7, 11) is 0. The summed E-state index contributed by atoms with van der Waals surface area (Å²) in [4.78, 5) is 26.7. The van der Waals surface area contributed by atoms with Gasteiger partial charge in [0.2, 0.25) is 5.91 Å². The molecule has 1 heterocycles. The van der Waals surface area contributed by atoms with Crippen molar-refractivity contribution >= 4 is 17.5 Å². The normalized spacial score (nSPS) is 16.1. The van der Waals surface area contributed by atoms with Gasteiger partial charge in [-0.15, -0.1) is 0 Å². The Bertz CT molecular complexity index is 995. The Morgan fingerprint density at radius 2 is 1.59 bits per heavy atom. The molecule has 1 aliphatic rings. The van der Waals surface area contributed by atoms with Gasteiger partial charge in [-0.1, -0.05) is 60.2 Å². The molecule has 1 unspecified atom stereocenters. The maximum atomic E-state index is 12.5. The van der Waals surface area contributed by atoms with Gasteiger partial charge in [0.1, 0.15) is 0 Å². The highest BCUT2D eigenvalue weighted by molar-refractivity contribution is 5.96. The van der Waals surface area contributed by atoms with Crippen molar-refractivity contribution in [1.82, 2.24) is 5.32 Å². The Labute approximate surface area is 171 Å². The lowest BCUT2D eigenvalue weighted by molar-refractivity contribution is -0.117. The van der Waals surface area contributed by atoms with Gasteiger partial charge in [0.15, 0.2) is 0 Å². The first-order valence-corrected chi connectivity index (χ1v) is 9.91. The second kappa shape index (κ2) is 8.31. The van der Waals surface area contributed by atoms with Gasteiger partial charge in [-0.3, -0.25) is 9.59 Å². The van der Waals surface area contributed by atoms with Gasteiger partial charge in [-0.2, -0.15) is 0 Å². The fourth-order valence-corrected chi connectivity index (χ4v) is 3.68. The van der Waals surface area contributed by atoms with Crippen LogP contribution in [0.2, 0.25) is 0 Å². The third kappa shape index (κ3) is 4.37. The van der Waals surface area contributed by atoms with Crippen LogP contribution < -0.4 is 10.2 Å². The second-order valence-electron chi connectivity index (χ2n) is 7.56. The minimum absolute atomic E-state index is 0.106. The number of benzene rings is 3. The molecule has 0 spiro atoms. The Balaban J connectivity index is 1.34. The molecule has 1 atom stereocenters. The third-order valence-electron chi connectivity index (χ3n) is 5.36. The zero-order valence-corrected chi connectivity index (χ0v) is 16.5. The summed E-state index contributed by atoms with van der Waals surface area (Å²) in [6.45, 7) is 3.16. The summed E-state index contributed by atoms with van der Waals surface area (Å²) >= 11 is 0. The number of aryl methyl sites for hydroxylation is 1. The molecule has 1 fully saturated rings. The van der Waals surface area contributed by atoms with Gasteiger partial charge >= 0.3 is 0 Å². The number of nitrogens with zero attached hydrogens (tertiary/aromatic N) is 1. The van der Waals surface area contributed by atoms with Gasteiger partial charge in [-0.05, 0) is 42.3 Å². The minimum atomic E-state index is -0.106. The molecule has 0 bridgehead atoms. The molecule has 1 saturated heterocycles. The van der Waals surface area contributed by atoms with Gasteiger partial charge < -0.3 is 10.2 Å². The summed E-state index contributed by atoms with van der Waals surface area (Å²) in [5, 5.41) is 2.98. The maximum Gasteiger partial charge on any atom is 0.251 e.